The fourth-order valence-electron chi connectivity index (χ4n) is 2.39. The average molecular weight is 309 g/mol. The van der Waals surface area contributed by atoms with E-state index in [0.29, 0.717) is 11.0 Å². The van der Waals surface area contributed by atoms with E-state index >= 15 is 0 Å². The van der Waals surface area contributed by atoms with Crippen molar-refractivity contribution in [1.82, 2.24) is 5.06 Å². The maximum Gasteiger partial charge on any atom is 0.363 e. The summed E-state index contributed by atoms with van der Waals surface area (Å²) in [5.74, 6) is -1.65. The van der Waals surface area contributed by atoms with Crippen LogP contribution in [0.4, 0.5) is 0 Å². The number of hydrogen-bond donors (Lipinski definition) is 0. The highest BCUT2D eigenvalue weighted by Crippen LogP contribution is 2.23. The summed E-state index contributed by atoms with van der Waals surface area (Å²) in [6.45, 7) is 4.10. The molecule has 1 aliphatic heterocycles. The molecule has 116 valence electrons. The molecule has 2 aromatic rings. The number of amides is 2. The van der Waals surface area contributed by atoms with Crippen LogP contribution in [-0.4, -0.2) is 22.8 Å². The quantitative estimate of drug-likeness (QED) is 0.817. The number of fused-ring (bicyclic) bond motifs is 1. The Bertz CT molecular complexity index is 758. The molecule has 0 aliphatic carbocycles. The minimum absolute atomic E-state index is 0.237. The fourth-order valence-corrected chi connectivity index (χ4v) is 2.39. The third-order valence-electron chi connectivity index (χ3n) is 3.74. The van der Waals surface area contributed by atoms with E-state index in [1.165, 1.54) is 12.1 Å². The van der Waals surface area contributed by atoms with Crippen LogP contribution in [0.25, 0.3) is 0 Å². The summed E-state index contributed by atoms with van der Waals surface area (Å²) < 4.78 is 0. The monoisotopic (exact) mass is 309 g/mol. The van der Waals surface area contributed by atoms with Gasteiger partial charge in [-0.05, 0) is 35.7 Å². The van der Waals surface area contributed by atoms with E-state index in [0.717, 1.165) is 5.56 Å². The molecule has 3 rings (SSSR count). The highest BCUT2D eigenvalue weighted by molar-refractivity contribution is 6.21. The van der Waals surface area contributed by atoms with E-state index in [2.05, 4.69) is 0 Å². The molecule has 0 fully saturated rings. The third-order valence-corrected chi connectivity index (χ3v) is 3.74. The first-order chi connectivity index (χ1) is 11.0. The third kappa shape index (κ3) is 2.61. The molecule has 0 saturated carbocycles. The van der Waals surface area contributed by atoms with Crippen LogP contribution in [0, 0.1) is 0 Å². The Balaban J connectivity index is 1.79. The van der Waals surface area contributed by atoms with Crippen LogP contribution in [0.1, 0.15) is 56.4 Å². The van der Waals surface area contributed by atoms with Gasteiger partial charge in [-0.1, -0.05) is 43.2 Å². The number of carbonyl (C=O) groups is 3. The zero-order valence-corrected chi connectivity index (χ0v) is 12.8. The van der Waals surface area contributed by atoms with Gasteiger partial charge < -0.3 is 4.84 Å². The van der Waals surface area contributed by atoms with Gasteiger partial charge in [0.1, 0.15) is 0 Å². The molecule has 5 heteroatoms. The number of rotatable bonds is 3. The van der Waals surface area contributed by atoms with Crippen LogP contribution in [0.2, 0.25) is 0 Å². The highest BCUT2D eigenvalue weighted by atomic mass is 16.7. The van der Waals surface area contributed by atoms with E-state index in [9.17, 15) is 14.4 Å². The van der Waals surface area contributed by atoms with E-state index in [4.69, 9.17) is 4.84 Å². The molecular formula is C18H15NO4. The molecule has 1 aliphatic rings. The summed E-state index contributed by atoms with van der Waals surface area (Å²) >= 11 is 0. The zero-order valence-electron chi connectivity index (χ0n) is 12.8. The molecule has 1 heterocycles. The van der Waals surface area contributed by atoms with Crippen molar-refractivity contribution < 1.29 is 19.2 Å². The van der Waals surface area contributed by atoms with Crippen molar-refractivity contribution in [3.63, 3.8) is 0 Å². The molecule has 5 nitrogen and oxygen atoms in total. The van der Waals surface area contributed by atoms with Crippen LogP contribution in [-0.2, 0) is 4.84 Å². The van der Waals surface area contributed by atoms with Crippen LogP contribution in [0.3, 0.4) is 0 Å². The van der Waals surface area contributed by atoms with Crippen LogP contribution in [0.5, 0.6) is 0 Å². The molecule has 0 unspecified atom stereocenters. The van der Waals surface area contributed by atoms with Gasteiger partial charge in [0.25, 0.3) is 11.8 Å². The first-order valence-corrected chi connectivity index (χ1v) is 7.29. The summed E-state index contributed by atoms with van der Waals surface area (Å²) in [5, 5.41) is 0.517. The maximum atomic E-state index is 12.2. The molecule has 0 radical (unpaired) electrons. The lowest BCUT2D eigenvalue weighted by Gasteiger charge is -2.13. The second-order valence-electron chi connectivity index (χ2n) is 5.61. The average Bonchev–Trinajstić information content (AvgIpc) is 2.80. The summed E-state index contributed by atoms with van der Waals surface area (Å²) in [7, 11) is 0. The number of hydroxylamine groups is 2. The molecule has 23 heavy (non-hydrogen) atoms. The largest absolute Gasteiger partial charge is 0.363 e. The molecular weight excluding hydrogens is 294 g/mol. The minimum Gasteiger partial charge on any atom is -0.324 e. The van der Waals surface area contributed by atoms with Gasteiger partial charge in [-0.3, -0.25) is 9.59 Å². The lowest BCUT2D eigenvalue weighted by atomic mass is 10.0. The second kappa shape index (κ2) is 5.68. The Labute approximate surface area is 133 Å². The van der Waals surface area contributed by atoms with Crippen molar-refractivity contribution in [2.45, 2.75) is 19.8 Å². The topological polar surface area (TPSA) is 63.7 Å². The Hall–Kier alpha value is -2.95. The van der Waals surface area contributed by atoms with Crippen LogP contribution in [0.15, 0.2) is 48.5 Å². The summed E-state index contributed by atoms with van der Waals surface area (Å²) in [6.07, 6.45) is 0. The minimum atomic E-state index is -0.741. The Morgan fingerprint density at radius 1 is 0.913 bits per heavy atom. The van der Waals surface area contributed by atoms with Gasteiger partial charge in [-0.2, -0.15) is 0 Å². The van der Waals surface area contributed by atoms with Gasteiger partial charge in [0.05, 0.1) is 16.7 Å². The van der Waals surface area contributed by atoms with Crippen molar-refractivity contribution in [3.05, 3.63) is 70.8 Å². The number of benzene rings is 2. The Morgan fingerprint density at radius 2 is 1.43 bits per heavy atom. The first-order valence-electron chi connectivity index (χ1n) is 7.29. The number of imide groups is 1. The van der Waals surface area contributed by atoms with E-state index in [1.54, 1.807) is 24.3 Å². The Kier molecular flexibility index (Phi) is 3.70. The molecule has 0 bridgehead atoms. The van der Waals surface area contributed by atoms with E-state index < -0.39 is 17.8 Å². The van der Waals surface area contributed by atoms with Gasteiger partial charge >= 0.3 is 5.97 Å². The van der Waals surface area contributed by atoms with Gasteiger partial charge in [0.15, 0.2) is 0 Å². The van der Waals surface area contributed by atoms with Crippen molar-refractivity contribution in [2.24, 2.45) is 0 Å². The second-order valence-corrected chi connectivity index (χ2v) is 5.61. The van der Waals surface area contributed by atoms with Crippen molar-refractivity contribution in [1.29, 1.82) is 0 Å². The predicted molar refractivity (Wildman–Crippen MR) is 82.9 cm³/mol. The normalized spacial score (nSPS) is 13.4. The smallest absolute Gasteiger partial charge is 0.324 e. The fraction of sp³-hybridized carbons (Fsp3) is 0.167. The molecule has 0 N–H and O–H groups in total. The molecule has 2 aromatic carbocycles. The SMILES string of the molecule is CC(C)c1ccc(C(=O)ON2C(=O)c3ccccc3C2=O)cc1. The maximum absolute atomic E-state index is 12.2. The summed E-state index contributed by atoms with van der Waals surface area (Å²) in [4.78, 5) is 41.4. The van der Waals surface area contributed by atoms with Gasteiger partial charge in [-0.25, -0.2) is 4.79 Å². The highest BCUT2D eigenvalue weighted by Gasteiger charge is 2.38. The molecule has 2 amide bonds. The summed E-state index contributed by atoms with van der Waals surface area (Å²) in [5.41, 5.74) is 1.84. The number of hydrogen-bond acceptors (Lipinski definition) is 4. The summed E-state index contributed by atoms with van der Waals surface area (Å²) in [6, 6.07) is 13.3. The van der Waals surface area contributed by atoms with Crippen molar-refractivity contribution >= 4 is 17.8 Å². The lowest BCUT2D eigenvalue weighted by molar-refractivity contribution is -0.0584. The van der Waals surface area contributed by atoms with E-state index in [1.807, 2.05) is 26.0 Å². The number of nitrogens with zero attached hydrogens (tertiary/aromatic N) is 1. The predicted octanol–water partition coefficient (Wildman–Crippen LogP) is 3.18. The number of carbonyl (C=O) groups excluding carboxylic acids is 3. The van der Waals surface area contributed by atoms with Crippen molar-refractivity contribution in [2.75, 3.05) is 0 Å². The lowest BCUT2D eigenvalue weighted by Crippen LogP contribution is -2.32. The Morgan fingerprint density at radius 3 is 1.91 bits per heavy atom. The van der Waals surface area contributed by atoms with E-state index in [-0.39, 0.29) is 16.7 Å². The van der Waals surface area contributed by atoms with Crippen LogP contribution >= 0.6 is 0 Å². The standard InChI is InChI=1S/C18H15NO4/c1-11(2)12-7-9-13(10-8-12)18(22)23-19-16(20)14-5-3-4-6-15(14)17(19)21/h3-11H,1-2H3. The molecule has 0 saturated heterocycles. The first kappa shape index (κ1) is 15.0. The molecule has 0 spiro atoms. The zero-order chi connectivity index (χ0) is 16.6. The molecule has 0 atom stereocenters. The van der Waals surface area contributed by atoms with Gasteiger partial charge in [0.2, 0.25) is 0 Å². The molecule has 0 aromatic heterocycles. The van der Waals surface area contributed by atoms with Crippen molar-refractivity contribution in [3.8, 4) is 0 Å². The van der Waals surface area contributed by atoms with Gasteiger partial charge in [-0.15, -0.1) is 0 Å². The van der Waals surface area contributed by atoms with Crippen LogP contribution < -0.4 is 0 Å². The van der Waals surface area contributed by atoms with Gasteiger partial charge in [0, 0.05) is 0 Å².